The smallest absolute Gasteiger partial charge is 0.178 e. The molecule has 0 saturated heterocycles. The van der Waals surface area contributed by atoms with E-state index in [0.717, 1.165) is 29.8 Å². The first-order chi connectivity index (χ1) is 9.24. The van der Waals surface area contributed by atoms with Crippen molar-refractivity contribution in [2.24, 2.45) is 0 Å². The number of hydrogen-bond donors (Lipinski definition) is 1. The minimum Gasteiger partial charge on any atom is -0.331 e. The lowest BCUT2D eigenvalue weighted by Gasteiger charge is -2.05. The zero-order valence-corrected chi connectivity index (χ0v) is 11.5. The Morgan fingerprint density at radius 3 is 3.00 bits per heavy atom. The fourth-order valence-electron chi connectivity index (χ4n) is 2.23. The van der Waals surface area contributed by atoms with Crippen molar-refractivity contribution in [3.8, 4) is 0 Å². The summed E-state index contributed by atoms with van der Waals surface area (Å²) in [6.45, 7) is 3.82. The summed E-state index contributed by atoms with van der Waals surface area (Å²) in [5, 5.41) is 7.75. The molecule has 3 rings (SSSR count). The molecule has 1 N–H and O–H groups in total. The molecule has 3 aromatic rings. The van der Waals surface area contributed by atoms with Gasteiger partial charge in [0.15, 0.2) is 4.77 Å². The molecule has 0 aliphatic rings. The number of nitrogens with zero attached hydrogens (tertiary/aromatic N) is 4. The quantitative estimate of drug-likeness (QED) is 0.744. The normalized spacial score (nSPS) is 11.2. The van der Waals surface area contributed by atoms with Crippen molar-refractivity contribution < 1.29 is 0 Å². The Morgan fingerprint density at radius 1 is 1.32 bits per heavy atom. The number of rotatable bonds is 4. The third-order valence-corrected chi connectivity index (χ3v) is 3.49. The van der Waals surface area contributed by atoms with Crippen LogP contribution in [0.2, 0.25) is 0 Å². The van der Waals surface area contributed by atoms with E-state index in [1.807, 2.05) is 10.9 Å². The van der Waals surface area contributed by atoms with E-state index < -0.39 is 0 Å². The molecule has 2 heterocycles. The van der Waals surface area contributed by atoms with Crippen LogP contribution in [0, 0.1) is 11.7 Å². The van der Waals surface area contributed by atoms with Gasteiger partial charge in [-0.15, -0.1) is 5.10 Å². The second-order valence-electron chi connectivity index (χ2n) is 4.62. The van der Waals surface area contributed by atoms with E-state index in [0.29, 0.717) is 0 Å². The number of aromatic nitrogens is 5. The molecule has 5 nitrogen and oxygen atoms in total. The molecule has 0 saturated carbocycles. The van der Waals surface area contributed by atoms with E-state index in [1.54, 1.807) is 6.20 Å². The van der Waals surface area contributed by atoms with Crippen LogP contribution < -0.4 is 0 Å². The van der Waals surface area contributed by atoms with Crippen molar-refractivity contribution in [3.63, 3.8) is 0 Å². The Kier molecular flexibility index (Phi) is 3.16. The van der Waals surface area contributed by atoms with Crippen molar-refractivity contribution >= 4 is 23.3 Å². The zero-order valence-electron chi connectivity index (χ0n) is 10.7. The lowest BCUT2D eigenvalue weighted by Crippen LogP contribution is -2.05. The van der Waals surface area contributed by atoms with E-state index in [9.17, 15) is 0 Å². The first-order valence-electron chi connectivity index (χ1n) is 6.27. The lowest BCUT2D eigenvalue weighted by molar-refractivity contribution is 0.517. The first-order valence-corrected chi connectivity index (χ1v) is 6.68. The Balaban J connectivity index is 1.82. The molecule has 0 spiro atoms. The van der Waals surface area contributed by atoms with Crippen molar-refractivity contribution in [1.29, 1.82) is 0 Å². The van der Waals surface area contributed by atoms with Crippen molar-refractivity contribution in [2.75, 3.05) is 0 Å². The summed E-state index contributed by atoms with van der Waals surface area (Å²) in [6.07, 6.45) is 4.54. The Labute approximate surface area is 115 Å². The minimum atomic E-state index is 0.777. The summed E-state index contributed by atoms with van der Waals surface area (Å²) in [4.78, 5) is 3.24. The maximum atomic E-state index is 5.38. The van der Waals surface area contributed by atoms with Crippen LogP contribution >= 0.6 is 12.2 Å². The average Bonchev–Trinajstić information content (AvgIpc) is 2.99. The Bertz CT molecular complexity index is 738. The van der Waals surface area contributed by atoms with Gasteiger partial charge in [-0.25, -0.2) is 0 Å². The van der Waals surface area contributed by atoms with Crippen LogP contribution in [0.25, 0.3) is 11.0 Å². The molecule has 0 radical (unpaired) electrons. The summed E-state index contributed by atoms with van der Waals surface area (Å²) in [5.74, 6) is 0. The topological polar surface area (TPSA) is 51.4 Å². The van der Waals surface area contributed by atoms with Gasteiger partial charge in [0, 0.05) is 19.3 Å². The van der Waals surface area contributed by atoms with Gasteiger partial charge in [0.1, 0.15) is 0 Å². The fraction of sp³-hybridized carbons (Fsp3) is 0.308. The van der Waals surface area contributed by atoms with Crippen molar-refractivity contribution in [3.05, 3.63) is 40.9 Å². The highest BCUT2D eigenvalue weighted by Gasteiger charge is 2.04. The molecule has 0 bridgehead atoms. The van der Waals surface area contributed by atoms with E-state index in [2.05, 4.69) is 45.0 Å². The number of imidazole rings is 1. The third kappa shape index (κ3) is 2.44. The van der Waals surface area contributed by atoms with Gasteiger partial charge in [-0.05, 0) is 43.3 Å². The minimum absolute atomic E-state index is 0.777. The highest BCUT2D eigenvalue weighted by molar-refractivity contribution is 7.71. The van der Waals surface area contributed by atoms with E-state index in [-0.39, 0.29) is 0 Å². The van der Waals surface area contributed by atoms with Crippen LogP contribution in [0.3, 0.4) is 0 Å². The molecule has 0 atom stereocenters. The van der Waals surface area contributed by atoms with Gasteiger partial charge < -0.3 is 9.55 Å². The SMILES string of the molecule is Cc1ccc2[nH]c(=S)n(CCCn3ccnn3)c2c1. The maximum absolute atomic E-state index is 5.38. The largest absolute Gasteiger partial charge is 0.331 e. The first kappa shape index (κ1) is 12.1. The summed E-state index contributed by atoms with van der Waals surface area (Å²) >= 11 is 5.38. The number of hydrogen-bond acceptors (Lipinski definition) is 3. The molecule has 6 heteroatoms. The second-order valence-corrected chi connectivity index (χ2v) is 5.01. The number of aryl methyl sites for hydroxylation is 3. The van der Waals surface area contributed by atoms with Crippen LogP contribution in [0.5, 0.6) is 0 Å². The molecule has 0 unspecified atom stereocenters. The zero-order chi connectivity index (χ0) is 13.2. The maximum Gasteiger partial charge on any atom is 0.178 e. The van der Waals surface area contributed by atoms with Crippen LogP contribution in [0.15, 0.2) is 30.6 Å². The molecule has 1 aromatic carbocycles. The molecule has 0 aliphatic carbocycles. The van der Waals surface area contributed by atoms with Crippen LogP contribution in [0.1, 0.15) is 12.0 Å². The second kappa shape index (κ2) is 4.97. The predicted octanol–water partition coefficient (Wildman–Crippen LogP) is 2.69. The van der Waals surface area contributed by atoms with Gasteiger partial charge in [0.25, 0.3) is 0 Å². The van der Waals surface area contributed by atoms with Gasteiger partial charge in [0.2, 0.25) is 0 Å². The number of aromatic amines is 1. The number of H-pyrrole nitrogens is 1. The Morgan fingerprint density at radius 2 is 2.21 bits per heavy atom. The molecule has 0 aliphatic heterocycles. The summed E-state index contributed by atoms with van der Waals surface area (Å²) in [6, 6.07) is 6.33. The molecular weight excluding hydrogens is 258 g/mol. The fourth-order valence-corrected chi connectivity index (χ4v) is 2.53. The van der Waals surface area contributed by atoms with Gasteiger partial charge in [0.05, 0.1) is 17.2 Å². The molecule has 2 aromatic heterocycles. The third-order valence-electron chi connectivity index (χ3n) is 3.17. The highest BCUT2D eigenvalue weighted by atomic mass is 32.1. The number of nitrogens with one attached hydrogen (secondary N) is 1. The predicted molar refractivity (Wildman–Crippen MR) is 76.5 cm³/mol. The summed E-state index contributed by atoms with van der Waals surface area (Å²) in [7, 11) is 0. The Hall–Kier alpha value is -1.95. The number of fused-ring (bicyclic) bond motifs is 1. The van der Waals surface area contributed by atoms with Crippen LogP contribution in [-0.2, 0) is 13.1 Å². The van der Waals surface area contributed by atoms with Crippen LogP contribution in [-0.4, -0.2) is 24.5 Å². The highest BCUT2D eigenvalue weighted by Crippen LogP contribution is 2.16. The summed E-state index contributed by atoms with van der Waals surface area (Å²) in [5.41, 5.74) is 3.51. The summed E-state index contributed by atoms with van der Waals surface area (Å²) < 4.78 is 4.76. The monoisotopic (exact) mass is 273 g/mol. The van der Waals surface area contributed by atoms with Crippen LogP contribution in [0.4, 0.5) is 0 Å². The van der Waals surface area contributed by atoms with Gasteiger partial charge in [-0.1, -0.05) is 11.3 Å². The lowest BCUT2D eigenvalue weighted by atomic mass is 10.2. The van der Waals surface area contributed by atoms with Crippen molar-refractivity contribution in [1.82, 2.24) is 24.5 Å². The van der Waals surface area contributed by atoms with E-state index in [4.69, 9.17) is 12.2 Å². The van der Waals surface area contributed by atoms with Gasteiger partial charge >= 0.3 is 0 Å². The van der Waals surface area contributed by atoms with E-state index in [1.165, 1.54) is 11.1 Å². The van der Waals surface area contributed by atoms with Gasteiger partial charge in [-0.3, -0.25) is 4.68 Å². The molecule has 0 fully saturated rings. The molecular formula is C13H15N5S. The molecule has 0 amide bonds. The van der Waals surface area contributed by atoms with Gasteiger partial charge in [-0.2, -0.15) is 0 Å². The van der Waals surface area contributed by atoms with Crippen molar-refractivity contribution in [2.45, 2.75) is 26.4 Å². The number of benzene rings is 1. The molecule has 98 valence electrons. The molecule has 19 heavy (non-hydrogen) atoms. The standard InChI is InChI=1S/C13H15N5S/c1-10-3-4-11-12(9-10)18(13(19)15-11)7-2-6-17-8-5-14-16-17/h3-5,8-9H,2,6-7H2,1H3,(H,15,19). The average molecular weight is 273 g/mol. The van der Waals surface area contributed by atoms with E-state index >= 15 is 0 Å².